The summed E-state index contributed by atoms with van der Waals surface area (Å²) in [6.45, 7) is 3.28. The van der Waals surface area contributed by atoms with E-state index in [2.05, 4.69) is 0 Å². The highest BCUT2D eigenvalue weighted by atomic mass is 16.5. The summed E-state index contributed by atoms with van der Waals surface area (Å²) < 4.78 is 15.8. The SMILES string of the molecule is COCCN(Cc1ccc(C)o1)C(=O)c1ccc(OC)cc1. The zero-order valence-corrected chi connectivity index (χ0v) is 13.2. The number of aryl methyl sites for hydroxylation is 1. The van der Waals surface area contributed by atoms with Crippen LogP contribution in [0.25, 0.3) is 0 Å². The van der Waals surface area contributed by atoms with Crippen molar-refractivity contribution in [3.8, 4) is 5.75 Å². The molecular weight excluding hydrogens is 282 g/mol. The smallest absolute Gasteiger partial charge is 0.254 e. The molecule has 5 nitrogen and oxygen atoms in total. The number of hydrogen-bond donors (Lipinski definition) is 0. The van der Waals surface area contributed by atoms with Gasteiger partial charge in [0.05, 0.1) is 20.3 Å². The number of nitrogens with zero attached hydrogens (tertiary/aromatic N) is 1. The van der Waals surface area contributed by atoms with Gasteiger partial charge in [-0.25, -0.2) is 0 Å². The van der Waals surface area contributed by atoms with Gasteiger partial charge >= 0.3 is 0 Å². The van der Waals surface area contributed by atoms with Crippen LogP contribution in [-0.2, 0) is 11.3 Å². The van der Waals surface area contributed by atoms with Gasteiger partial charge in [0.2, 0.25) is 0 Å². The molecule has 0 unspecified atom stereocenters. The maximum absolute atomic E-state index is 12.6. The molecule has 0 N–H and O–H groups in total. The molecule has 1 heterocycles. The largest absolute Gasteiger partial charge is 0.497 e. The molecule has 118 valence electrons. The first-order valence-corrected chi connectivity index (χ1v) is 7.11. The van der Waals surface area contributed by atoms with E-state index in [9.17, 15) is 4.79 Å². The summed E-state index contributed by atoms with van der Waals surface area (Å²) in [6.07, 6.45) is 0. The fourth-order valence-electron chi connectivity index (χ4n) is 2.13. The van der Waals surface area contributed by atoms with Crippen LogP contribution in [0.15, 0.2) is 40.8 Å². The molecule has 0 fully saturated rings. The lowest BCUT2D eigenvalue weighted by Crippen LogP contribution is -2.33. The van der Waals surface area contributed by atoms with E-state index in [4.69, 9.17) is 13.9 Å². The van der Waals surface area contributed by atoms with Gasteiger partial charge in [0.15, 0.2) is 0 Å². The summed E-state index contributed by atoms with van der Waals surface area (Å²) in [5.74, 6) is 2.25. The highest BCUT2D eigenvalue weighted by Gasteiger charge is 2.17. The Labute approximate surface area is 130 Å². The standard InChI is InChI=1S/C17H21NO4/c1-13-4-7-16(22-13)12-18(10-11-20-2)17(19)14-5-8-15(21-3)9-6-14/h4-9H,10-12H2,1-3H3. The second kappa shape index (κ2) is 7.66. The predicted molar refractivity (Wildman–Crippen MR) is 83.1 cm³/mol. The summed E-state index contributed by atoms with van der Waals surface area (Å²) in [5.41, 5.74) is 0.611. The maximum Gasteiger partial charge on any atom is 0.254 e. The van der Waals surface area contributed by atoms with Crippen molar-refractivity contribution in [3.05, 3.63) is 53.5 Å². The molecule has 1 aromatic heterocycles. The van der Waals surface area contributed by atoms with Gasteiger partial charge in [-0.1, -0.05) is 0 Å². The molecule has 2 aromatic rings. The van der Waals surface area contributed by atoms with E-state index < -0.39 is 0 Å². The summed E-state index contributed by atoms with van der Waals surface area (Å²) in [5, 5.41) is 0. The second-order valence-electron chi connectivity index (χ2n) is 4.96. The van der Waals surface area contributed by atoms with Crippen molar-refractivity contribution < 1.29 is 18.7 Å². The van der Waals surface area contributed by atoms with Gasteiger partial charge in [-0.15, -0.1) is 0 Å². The first-order chi connectivity index (χ1) is 10.6. The van der Waals surface area contributed by atoms with Crippen molar-refractivity contribution in [1.82, 2.24) is 4.90 Å². The molecule has 2 rings (SSSR count). The van der Waals surface area contributed by atoms with E-state index in [0.717, 1.165) is 17.3 Å². The molecule has 0 saturated carbocycles. The Hall–Kier alpha value is -2.27. The Morgan fingerprint density at radius 3 is 2.41 bits per heavy atom. The molecule has 0 spiro atoms. The Kier molecular flexibility index (Phi) is 5.61. The Morgan fingerprint density at radius 2 is 1.86 bits per heavy atom. The minimum atomic E-state index is -0.0613. The van der Waals surface area contributed by atoms with Crippen molar-refractivity contribution in [1.29, 1.82) is 0 Å². The second-order valence-corrected chi connectivity index (χ2v) is 4.96. The number of benzene rings is 1. The number of furan rings is 1. The van der Waals surface area contributed by atoms with E-state index in [1.54, 1.807) is 43.4 Å². The van der Waals surface area contributed by atoms with Crippen molar-refractivity contribution >= 4 is 5.91 Å². The predicted octanol–water partition coefficient (Wildman–Crippen LogP) is 2.89. The normalized spacial score (nSPS) is 10.5. The van der Waals surface area contributed by atoms with E-state index in [1.165, 1.54) is 0 Å². The van der Waals surface area contributed by atoms with E-state index in [-0.39, 0.29) is 5.91 Å². The quantitative estimate of drug-likeness (QED) is 0.789. The van der Waals surface area contributed by atoms with E-state index >= 15 is 0 Å². The maximum atomic E-state index is 12.6. The van der Waals surface area contributed by atoms with Gasteiger partial charge in [0, 0.05) is 19.2 Å². The van der Waals surface area contributed by atoms with E-state index in [1.807, 2.05) is 19.1 Å². The number of amides is 1. The Balaban J connectivity index is 2.13. The highest BCUT2D eigenvalue weighted by molar-refractivity contribution is 5.94. The molecule has 0 saturated heterocycles. The van der Waals surface area contributed by atoms with Gasteiger partial charge in [0.25, 0.3) is 5.91 Å². The zero-order valence-electron chi connectivity index (χ0n) is 13.2. The third-order valence-electron chi connectivity index (χ3n) is 3.33. The van der Waals surface area contributed by atoms with Gasteiger partial charge in [-0.3, -0.25) is 4.79 Å². The minimum Gasteiger partial charge on any atom is -0.497 e. The third-order valence-corrected chi connectivity index (χ3v) is 3.33. The molecule has 1 aromatic carbocycles. The van der Waals surface area contributed by atoms with Crippen LogP contribution in [-0.4, -0.2) is 38.2 Å². The number of hydrogen-bond acceptors (Lipinski definition) is 4. The van der Waals surface area contributed by atoms with E-state index in [0.29, 0.717) is 25.3 Å². The first-order valence-electron chi connectivity index (χ1n) is 7.11. The van der Waals surface area contributed by atoms with Gasteiger partial charge in [-0.2, -0.15) is 0 Å². The van der Waals surface area contributed by atoms with Crippen LogP contribution < -0.4 is 4.74 Å². The van der Waals surface area contributed by atoms with Crippen molar-refractivity contribution in [3.63, 3.8) is 0 Å². The summed E-state index contributed by atoms with van der Waals surface area (Å²) in [4.78, 5) is 14.4. The minimum absolute atomic E-state index is 0.0613. The van der Waals surface area contributed by atoms with Gasteiger partial charge < -0.3 is 18.8 Å². The molecular formula is C17H21NO4. The highest BCUT2D eigenvalue weighted by Crippen LogP contribution is 2.16. The number of methoxy groups -OCH3 is 2. The van der Waals surface area contributed by atoms with Crippen LogP contribution in [0.3, 0.4) is 0 Å². The van der Waals surface area contributed by atoms with Crippen LogP contribution in [0, 0.1) is 6.92 Å². The summed E-state index contributed by atoms with van der Waals surface area (Å²) in [7, 11) is 3.22. The monoisotopic (exact) mass is 303 g/mol. The number of carbonyl (C=O) groups excluding carboxylic acids is 1. The Morgan fingerprint density at radius 1 is 1.14 bits per heavy atom. The van der Waals surface area contributed by atoms with Crippen molar-refractivity contribution in [2.45, 2.75) is 13.5 Å². The molecule has 0 aliphatic rings. The fourth-order valence-corrected chi connectivity index (χ4v) is 2.13. The van der Waals surface area contributed by atoms with Gasteiger partial charge in [0.1, 0.15) is 17.3 Å². The molecule has 1 amide bonds. The average Bonchev–Trinajstić information content (AvgIpc) is 2.96. The molecule has 0 aliphatic carbocycles. The van der Waals surface area contributed by atoms with Crippen LogP contribution in [0.2, 0.25) is 0 Å². The molecule has 0 radical (unpaired) electrons. The lowest BCUT2D eigenvalue weighted by molar-refractivity contribution is 0.0666. The topological polar surface area (TPSA) is 51.9 Å². The fraction of sp³-hybridized carbons (Fsp3) is 0.353. The molecule has 0 aliphatic heterocycles. The van der Waals surface area contributed by atoms with Gasteiger partial charge in [-0.05, 0) is 43.3 Å². The third kappa shape index (κ3) is 4.11. The van der Waals surface area contributed by atoms with Crippen LogP contribution in [0.5, 0.6) is 5.75 Å². The number of ether oxygens (including phenoxy) is 2. The average molecular weight is 303 g/mol. The van der Waals surface area contributed by atoms with Crippen LogP contribution >= 0.6 is 0 Å². The Bertz CT molecular complexity index is 603. The number of rotatable bonds is 7. The molecule has 0 atom stereocenters. The molecule has 5 heteroatoms. The lowest BCUT2D eigenvalue weighted by atomic mass is 10.2. The number of carbonyl (C=O) groups is 1. The molecule has 0 bridgehead atoms. The molecule has 22 heavy (non-hydrogen) atoms. The zero-order chi connectivity index (χ0) is 15.9. The van der Waals surface area contributed by atoms with Crippen molar-refractivity contribution in [2.75, 3.05) is 27.4 Å². The first kappa shape index (κ1) is 16.1. The van der Waals surface area contributed by atoms with Crippen LogP contribution in [0.1, 0.15) is 21.9 Å². The lowest BCUT2D eigenvalue weighted by Gasteiger charge is -2.21. The van der Waals surface area contributed by atoms with Crippen molar-refractivity contribution in [2.24, 2.45) is 0 Å². The summed E-state index contributed by atoms with van der Waals surface area (Å²) in [6, 6.07) is 10.8. The van der Waals surface area contributed by atoms with Crippen LogP contribution in [0.4, 0.5) is 0 Å². The summed E-state index contributed by atoms with van der Waals surface area (Å²) >= 11 is 0.